The minimum atomic E-state index is -3.19. The van der Waals surface area contributed by atoms with Gasteiger partial charge in [0.15, 0.2) is 5.81 Å². The lowest BCUT2D eigenvalue weighted by atomic mass is 10.4. The molecule has 0 aliphatic rings. The van der Waals surface area contributed by atoms with E-state index >= 15 is 0 Å². The Balaban J connectivity index is 4.51. The Morgan fingerprint density at radius 3 is 2.08 bits per heavy atom. The van der Waals surface area contributed by atoms with Crippen molar-refractivity contribution in [3.63, 3.8) is 0 Å². The maximum absolute atomic E-state index is 11.8. The van der Waals surface area contributed by atoms with Crippen molar-refractivity contribution >= 4 is 7.52 Å². The van der Waals surface area contributed by atoms with Crippen LogP contribution in [0.3, 0.4) is 0 Å². The molecule has 4 nitrogen and oxygen atoms in total. The van der Waals surface area contributed by atoms with Crippen LogP contribution in [0.1, 0.15) is 26.7 Å². The molecule has 76 valence electrons. The monoisotopic (exact) mass is 204 g/mol. The first kappa shape index (κ1) is 12.6. The molecule has 0 aliphatic heterocycles. The Hall–Kier alpha value is -0.360. The second kappa shape index (κ2) is 6.15. The quantitative estimate of drug-likeness (QED) is 0.623. The van der Waals surface area contributed by atoms with Gasteiger partial charge < -0.3 is 4.52 Å². The van der Waals surface area contributed by atoms with Crippen LogP contribution < -0.4 is 0 Å². The Morgan fingerprint density at radius 2 is 1.85 bits per heavy atom. The van der Waals surface area contributed by atoms with E-state index in [2.05, 4.69) is 0 Å². The van der Waals surface area contributed by atoms with Crippen LogP contribution in [0.4, 0.5) is 0 Å². The maximum atomic E-state index is 11.8. The number of nitrogens with zero attached hydrogens (tertiary/aromatic N) is 2. The third-order valence-electron chi connectivity index (χ3n) is 1.71. The van der Waals surface area contributed by atoms with E-state index in [0.29, 0.717) is 13.1 Å². The predicted octanol–water partition coefficient (Wildman–Crippen LogP) is 2.43. The lowest BCUT2D eigenvalue weighted by Crippen LogP contribution is -2.22. The van der Waals surface area contributed by atoms with Crippen LogP contribution in [-0.2, 0) is 9.09 Å². The summed E-state index contributed by atoms with van der Waals surface area (Å²) >= 11 is 0. The van der Waals surface area contributed by atoms with Gasteiger partial charge in [0, 0.05) is 20.2 Å². The Morgan fingerprint density at radius 1 is 1.38 bits per heavy atom. The smallest absolute Gasteiger partial charge is 0.310 e. The van der Waals surface area contributed by atoms with Crippen molar-refractivity contribution < 1.29 is 9.09 Å². The van der Waals surface area contributed by atoms with Gasteiger partial charge in [-0.1, -0.05) is 13.8 Å². The molecule has 0 rings (SSSR count). The zero-order chi connectivity index (χ0) is 10.3. The van der Waals surface area contributed by atoms with E-state index in [1.165, 1.54) is 7.11 Å². The van der Waals surface area contributed by atoms with Crippen molar-refractivity contribution in [3.8, 4) is 5.81 Å². The third-order valence-corrected chi connectivity index (χ3v) is 3.60. The van der Waals surface area contributed by atoms with E-state index < -0.39 is 7.52 Å². The van der Waals surface area contributed by atoms with Gasteiger partial charge in [-0.05, 0) is 12.8 Å². The van der Waals surface area contributed by atoms with Crippen LogP contribution in [0.25, 0.3) is 0 Å². The van der Waals surface area contributed by atoms with Crippen LogP contribution in [0.15, 0.2) is 0 Å². The van der Waals surface area contributed by atoms with E-state index in [-0.39, 0.29) is 0 Å². The summed E-state index contributed by atoms with van der Waals surface area (Å²) in [6.45, 7) is 5.26. The number of rotatable bonds is 6. The van der Waals surface area contributed by atoms with Gasteiger partial charge in [-0.2, -0.15) is 5.26 Å². The second-order valence-corrected chi connectivity index (χ2v) is 4.93. The highest BCUT2D eigenvalue weighted by Gasteiger charge is 2.29. The highest BCUT2D eigenvalue weighted by Crippen LogP contribution is 2.48. The molecule has 0 aromatic carbocycles. The molecular weight excluding hydrogens is 187 g/mol. The summed E-state index contributed by atoms with van der Waals surface area (Å²) in [7, 11) is -1.86. The molecule has 0 spiro atoms. The van der Waals surface area contributed by atoms with Crippen molar-refractivity contribution in [2.45, 2.75) is 26.7 Å². The molecule has 5 heteroatoms. The van der Waals surface area contributed by atoms with E-state index in [0.717, 1.165) is 12.8 Å². The Bertz CT molecular complexity index is 219. The number of hydrogen-bond donors (Lipinski definition) is 0. The van der Waals surface area contributed by atoms with Crippen molar-refractivity contribution in [2.75, 3.05) is 20.2 Å². The standard InChI is InChI=1S/C8H17N2O2P/c1-4-6-10(7-5-2)13(11,8-9)12-3/h4-7H2,1-3H3. The number of hydrogen-bond acceptors (Lipinski definition) is 3. The van der Waals surface area contributed by atoms with Gasteiger partial charge in [-0.3, -0.25) is 4.57 Å². The van der Waals surface area contributed by atoms with Crippen molar-refractivity contribution in [3.05, 3.63) is 0 Å². The molecule has 0 bridgehead atoms. The van der Waals surface area contributed by atoms with Gasteiger partial charge in [0.2, 0.25) is 0 Å². The molecule has 0 radical (unpaired) electrons. The third kappa shape index (κ3) is 3.48. The van der Waals surface area contributed by atoms with Crippen LogP contribution in [-0.4, -0.2) is 24.9 Å². The lowest BCUT2D eigenvalue weighted by Gasteiger charge is -2.23. The molecule has 0 saturated carbocycles. The molecule has 0 amide bonds. The predicted molar refractivity (Wildman–Crippen MR) is 52.4 cm³/mol. The van der Waals surface area contributed by atoms with Crippen LogP contribution in [0, 0.1) is 11.1 Å². The summed E-state index contributed by atoms with van der Waals surface area (Å²) in [6, 6.07) is 0. The highest BCUT2D eigenvalue weighted by atomic mass is 31.2. The van der Waals surface area contributed by atoms with Gasteiger partial charge in [0.05, 0.1) is 0 Å². The average Bonchev–Trinajstić information content (AvgIpc) is 2.16. The van der Waals surface area contributed by atoms with Gasteiger partial charge in [-0.25, -0.2) is 4.67 Å². The molecule has 0 aliphatic carbocycles. The summed E-state index contributed by atoms with van der Waals surface area (Å²) in [5.74, 6) is 1.76. The SMILES string of the molecule is CCCN(CCC)P(=O)(C#N)OC. The largest absolute Gasteiger partial charge is 0.370 e. The molecule has 0 aromatic rings. The van der Waals surface area contributed by atoms with E-state index in [9.17, 15) is 4.57 Å². The van der Waals surface area contributed by atoms with Gasteiger partial charge >= 0.3 is 7.52 Å². The summed E-state index contributed by atoms with van der Waals surface area (Å²) in [5, 5.41) is 8.73. The van der Waals surface area contributed by atoms with Gasteiger partial charge in [0.1, 0.15) is 0 Å². The normalized spacial score (nSPS) is 15.3. The van der Waals surface area contributed by atoms with Crippen molar-refractivity contribution in [2.24, 2.45) is 0 Å². The molecule has 1 atom stereocenters. The van der Waals surface area contributed by atoms with Crippen LogP contribution in [0.5, 0.6) is 0 Å². The molecular formula is C8H17N2O2P. The number of nitriles is 1. The zero-order valence-electron chi connectivity index (χ0n) is 8.49. The fourth-order valence-electron chi connectivity index (χ4n) is 1.11. The van der Waals surface area contributed by atoms with Crippen molar-refractivity contribution in [1.82, 2.24) is 4.67 Å². The first-order chi connectivity index (χ1) is 6.14. The van der Waals surface area contributed by atoms with Gasteiger partial charge in [-0.15, -0.1) is 0 Å². The lowest BCUT2D eigenvalue weighted by molar-refractivity contribution is 0.314. The summed E-state index contributed by atoms with van der Waals surface area (Å²) in [6.07, 6.45) is 1.74. The zero-order valence-corrected chi connectivity index (χ0v) is 9.38. The fourth-order valence-corrected chi connectivity index (χ4v) is 2.48. The van der Waals surface area contributed by atoms with Crippen molar-refractivity contribution in [1.29, 1.82) is 5.26 Å². The first-order valence-electron chi connectivity index (χ1n) is 4.47. The minimum absolute atomic E-state index is 0.645. The Labute approximate surface area is 80.0 Å². The fraction of sp³-hybridized carbons (Fsp3) is 0.875. The molecule has 0 heterocycles. The molecule has 0 saturated heterocycles. The van der Waals surface area contributed by atoms with Gasteiger partial charge in [0.25, 0.3) is 0 Å². The maximum Gasteiger partial charge on any atom is 0.370 e. The summed E-state index contributed by atoms with van der Waals surface area (Å²) < 4.78 is 18.2. The first-order valence-corrected chi connectivity index (χ1v) is 6.04. The molecule has 0 fully saturated rings. The van der Waals surface area contributed by atoms with E-state index in [1.54, 1.807) is 10.5 Å². The Kier molecular flexibility index (Phi) is 5.98. The average molecular weight is 204 g/mol. The van der Waals surface area contributed by atoms with E-state index in [4.69, 9.17) is 9.79 Å². The van der Waals surface area contributed by atoms with Crippen LogP contribution in [0.2, 0.25) is 0 Å². The molecule has 1 unspecified atom stereocenters. The van der Waals surface area contributed by atoms with Crippen LogP contribution >= 0.6 is 7.52 Å². The highest BCUT2D eigenvalue weighted by molar-refractivity contribution is 7.61. The summed E-state index contributed by atoms with van der Waals surface area (Å²) in [4.78, 5) is 0. The second-order valence-electron chi connectivity index (χ2n) is 2.76. The summed E-state index contributed by atoms with van der Waals surface area (Å²) in [5.41, 5.74) is 0. The van der Waals surface area contributed by atoms with E-state index in [1.807, 2.05) is 13.8 Å². The molecule has 0 N–H and O–H groups in total. The molecule has 13 heavy (non-hydrogen) atoms. The minimum Gasteiger partial charge on any atom is -0.310 e. The topological polar surface area (TPSA) is 53.3 Å². The molecule has 0 aromatic heterocycles.